The Balaban J connectivity index is 1.63. The van der Waals surface area contributed by atoms with Crippen LogP contribution < -0.4 is 5.32 Å². The number of aromatic nitrogens is 1. The van der Waals surface area contributed by atoms with Crippen LogP contribution in [0.15, 0.2) is 71.1 Å². The van der Waals surface area contributed by atoms with Gasteiger partial charge in [0, 0.05) is 11.3 Å². The van der Waals surface area contributed by atoms with Crippen LogP contribution >= 0.6 is 0 Å². The highest BCUT2D eigenvalue weighted by Gasteiger charge is 2.13. The highest BCUT2D eigenvalue weighted by atomic mass is 19.1. The molecule has 4 rings (SSSR count). The minimum absolute atomic E-state index is 0.00291. The largest absolute Gasteiger partial charge is 0.436 e. The number of aryl methyl sites for hydroxylation is 1. The molecule has 0 fully saturated rings. The van der Waals surface area contributed by atoms with Crippen molar-refractivity contribution in [3.05, 3.63) is 83.7 Å². The minimum atomic E-state index is -0.558. The zero-order valence-electron chi connectivity index (χ0n) is 14.7. The van der Waals surface area contributed by atoms with E-state index in [9.17, 15) is 9.18 Å². The number of amides is 1. The number of benzene rings is 3. The highest BCUT2D eigenvalue weighted by molar-refractivity contribution is 6.04. The van der Waals surface area contributed by atoms with E-state index in [0.29, 0.717) is 17.2 Å². The van der Waals surface area contributed by atoms with Gasteiger partial charge in [-0.3, -0.25) is 4.79 Å². The van der Waals surface area contributed by atoms with Crippen molar-refractivity contribution in [3.8, 4) is 11.5 Å². The van der Waals surface area contributed by atoms with E-state index in [1.165, 1.54) is 17.7 Å². The van der Waals surface area contributed by atoms with Crippen LogP contribution in [-0.2, 0) is 6.42 Å². The van der Waals surface area contributed by atoms with E-state index in [2.05, 4.69) is 17.2 Å². The minimum Gasteiger partial charge on any atom is -0.436 e. The second-order valence-corrected chi connectivity index (χ2v) is 6.19. The van der Waals surface area contributed by atoms with Crippen LogP contribution in [0.5, 0.6) is 0 Å². The van der Waals surface area contributed by atoms with E-state index in [0.717, 1.165) is 17.5 Å². The van der Waals surface area contributed by atoms with Crippen molar-refractivity contribution >= 4 is 22.7 Å². The molecule has 4 aromatic rings. The smallest absolute Gasteiger partial charge is 0.258 e. The van der Waals surface area contributed by atoms with Gasteiger partial charge in [-0.2, -0.15) is 0 Å². The van der Waals surface area contributed by atoms with Gasteiger partial charge in [-0.1, -0.05) is 31.2 Å². The summed E-state index contributed by atoms with van der Waals surface area (Å²) in [6, 6.07) is 18.9. The first-order valence-electron chi connectivity index (χ1n) is 8.70. The average Bonchev–Trinajstić information content (AvgIpc) is 3.11. The molecule has 0 aliphatic rings. The van der Waals surface area contributed by atoms with Gasteiger partial charge in [0.2, 0.25) is 5.89 Å². The van der Waals surface area contributed by atoms with Crippen molar-refractivity contribution in [3.63, 3.8) is 0 Å². The summed E-state index contributed by atoms with van der Waals surface area (Å²) in [6.07, 6.45) is 0.926. The van der Waals surface area contributed by atoms with Gasteiger partial charge < -0.3 is 9.73 Å². The quantitative estimate of drug-likeness (QED) is 0.526. The van der Waals surface area contributed by atoms with Gasteiger partial charge in [0.1, 0.15) is 11.3 Å². The molecule has 5 heteroatoms. The standard InChI is InChI=1S/C22H17FN2O2/c1-2-14-10-11-20-19(12-14)25-22(27-20)15-6-5-7-16(13-15)24-21(26)17-8-3-4-9-18(17)23/h3-13H,2H2,1H3,(H,24,26). The molecule has 0 unspecified atom stereocenters. The van der Waals surface area contributed by atoms with Crippen molar-refractivity contribution in [1.82, 2.24) is 4.98 Å². The topological polar surface area (TPSA) is 55.1 Å². The lowest BCUT2D eigenvalue weighted by Gasteiger charge is -2.07. The van der Waals surface area contributed by atoms with Gasteiger partial charge in [0.15, 0.2) is 5.58 Å². The number of carbonyl (C=O) groups is 1. The number of hydrogen-bond acceptors (Lipinski definition) is 3. The van der Waals surface area contributed by atoms with Crippen LogP contribution in [0.1, 0.15) is 22.8 Å². The Labute approximate surface area is 155 Å². The van der Waals surface area contributed by atoms with E-state index in [-0.39, 0.29) is 5.56 Å². The molecule has 1 aromatic heterocycles. The molecule has 27 heavy (non-hydrogen) atoms. The van der Waals surface area contributed by atoms with E-state index in [1.807, 2.05) is 24.3 Å². The highest BCUT2D eigenvalue weighted by Crippen LogP contribution is 2.27. The maximum absolute atomic E-state index is 13.8. The molecule has 1 N–H and O–H groups in total. The molecule has 0 radical (unpaired) electrons. The second-order valence-electron chi connectivity index (χ2n) is 6.19. The summed E-state index contributed by atoms with van der Waals surface area (Å²) in [7, 11) is 0. The Morgan fingerprint density at radius 1 is 1.07 bits per heavy atom. The fourth-order valence-electron chi connectivity index (χ4n) is 2.89. The van der Waals surface area contributed by atoms with Crippen LogP contribution in [0.25, 0.3) is 22.6 Å². The summed E-state index contributed by atoms with van der Waals surface area (Å²) >= 11 is 0. The summed E-state index contributed by atoms with van der Waals surface area (Å²) in [4.78, 5) is 16.8. The molecular weight excluding hydrogens is 343 g/mol. The molecule has 0 aliphatic heterocycles. The number of carbonyl (C=O) groups excluding carboxylic acids is 1. The number of hydrogen-bond donors (Lipinski definition) is 1. The Bertz CT molecular complexity index is 1130. The number of nitrogens with one attached hydrogen (secondary N) is 1. The van der Waals surface area contributed by atoms with E-state index >= 15 is 0 Å². The molecule has 0 spiro atoms. The molecular formula is C22H17FN2O2. The zero-order valence-corrected chi connectivity index (χ0v) is 14.7. The summed E-state index contributed by atoms with van der Waals surface area (Å²) in [5.74, 6) is -0.590. The molecule has 0 bridgehead atoms. The second kappa shape index (κ2) is 7.03. The monoisotopic (exact) mass is 360 g/mol. The number of rotatable bonds is 4. The van der Waals surface area contributed by atoms with Crippen molar-refractivity contribution in [2.24, 2.45) is 0 Å². The first-order chi connectivity index (χ1) is 13.1. The van der Waals surface area contributed by atoms with Crippen LogP contribution in [0.4, 0.5) is 10.1 Å². The third-order valence-electron chi connectivity index (χ3n) is 4.35. The number of anilines is 1. The lowest BCUT2D eigenvalue weighted by Crippen LogP contribution is -2.13. The number of nitrogens with zero attached hydrogens (tertiary/aromatic N) is 1. The summed E-state index contributed by atoms with van der Waals surface area (Å²) in [6.45, 7) is 2.09. The SMILES string of the molecule is CCc1ccc2oc(-c3cccc(NC(=O)c4ccccc4F)c3)nc2c1. The maximum atomic E-state index is 13.8. The zero-order chi connectivity index (χ0) is 18.8. The van der Waals surface area contributed by atoms with E-state index in [1.54, 1.807) is 30.3 Å². The molecule has 134 valence electrons. The fraction of sp³-hybridized carbons (Fsp3) is 0.0909. The van der Waals surface area contributed by atoms with Crippen LogP contribution in [0, 0.1) is 5.82 Å². The van der Waals surface area contributed by atoms with Crippen LogP contribution in [0.2, 0.25) is 0 Å². The van der Waals surface area contributed by atoms with Gasteiger partial charge in [0.05, 0.1) is 5.56 Å². The molecule has 0 saturated carbocycles. The Morgan fingerprint density at radius 2 is 1.93 bits per heavy atom. The molecule has 0 saturated heterocycles. The maximum Gasteiger partial charge on any atom is 0.258 e. The molecule has 1 heterocycles. The molecule has 4 nitrogen and oxygen atoms in total. The molecule has 0 atom stereocenters. The van der Waals surface area contributed by atoms with Gasteiger partial charge in [-0.05, 0) is 54.4 Å². The lowest BCUT2D eigenvalue weighted by atomic mass is 10.1. The summed E-state index contributed by atoms with van der Waals surface area (Å²) in [5.41, 5.74) is 3.96. The van der Waals surface area contributed by atoms with Crippen molar-refractivity contribution in [2.75, 3.05) is 5.32 Å². The molecule has 1 amide bonds. The first-order valence-corrected chi connectivity index (χ1v) is 8.70. The summed E-state index contributed by atoms with van der Waals surface area (Å²) in [5, 5.41) is 2.71. The Morgan fingerprint density at radius 3 is 2.74 bits per heavy atom. The number of fused-ring (bicyclic) bond motifs is 1. The van der Waals surface area contributed by atoms with Crippen molar-refractivity contribution in [1.29, 1.82) is 0 Å². The van der Waals surface area contributed by atoms with Crippen molar-refractivity contribution in [2.45, 2.75) is 13.3 Å². The van der Waals surface area contributed by atoms with Gasteiger partial charge in [-0.25, -0.2) is 9.37 Å². The predicted molar refractivity (Wildman–Crippen MR) is 103 cm³/mol. The molecule has 0 aliphatic carbocycles. The summed E-state index contributed by atoms with van der Waals surface area (Å²) < 4.78 is 19.6. The van der Waals surface area contributed by atoms with E-state index in [4.69, 9.17) is 4.42 Å². The van der Waals surface area contributed by atoms with Crippen LogP contribution in [-0.4, -0.2) is 10.9 Å². The van der Waals surface area contributed by atoms with Gasteiger partial charge >= 0.3 is 0 Å². The van der Waals surface area contributed by atoms with Gasteiger partial charge in [-0.15, -0.1) is 0 Å². The van der Waals surface area contributed by atoms with E-state index < -0.39 is 11.7 Å². The number of halogens is 1. The Hall–Kier alpha value is -3.47. The average molecular weight is 360 g/mol. The third-order valence-corrected chi connectivity index (χ3v) is 4.35. The fourth-order valence-corrected chi connectivity index (χ4v) is 2.89. The Kier molecular flexibility index (Phi) is 4.42. The third kappa shape index (κ3) is 3.44. The normalized spacial score (nSPS) is 10.9. The van der Waals surface area contributed by atoms with Crippen molar-refractivity contribution < 1.29 is 13.6 Å². The van der Waals surface area contributed by atoms with Gasteiger partial charge in [0.25, 0.3) is 5.91 Å². The first kappa shape index (κ1) is 17.0. The predicted octanol–water partition coefficient (Wildman–Crippen LogP) is 5.45. The van der Waals surface area contributed by atoms with Crippen LogP contribution in [0.3, 0.4) is 0 Å². The number of oxazole rings is 1. The lowest BCUT2D eigenvalue weighted by molar-refractivity contribution is 0.102. The molecule has 3 aromatic carbocycles.